The van der Waals surface area contributed by atoms with Gasteiger partial charge in [0.2, 0.25) is 0 Å². The number of nitrogens with one attached hydrogen (secondary N) is 3. The first-order valence-corrected chi connectivity index (χ1v) is 13.5. The smallest absolute Gasteiger partial charge is 0.271 e. The van der Waals surface area contributed by atoms with Crippen molar-refractivity contribution >= 4 is 39.9 Å². The lowest BCUT2D eigenvalue weighted by molar-refractivity contribution is -0.112. The third kappa shape index (κ3) is 6.61. The predicted molar refractivity (Wildman–Crippen MR) is 154 cm³/mol. The quantitative estimate of drug-likeness (QED) is 0.182. The number of primary amides is 1. The topological polar surface area (TPSA) is 172 Å². The number of anilines is 2. The van der Waals surface area contributed by atoms with E-state index in [1.807, 2.05) is 24.3 Å². The molecule has 0 radical (unpaired) electrons. The molecular weight excluding hydrogens is 508 g/mol. The average molecular weight is 543 g/mol. The lowest BCUT2D eigenvalue weighted by Crippen LogP contribution is -2.37. The standard InChI is InChI=1S/C29H34N8O3/c30-23(18-7-8-18)16-24(31)29(39)35-20-4-1-3-19(15-20)25(9-10-37-11-13-40-14-12-37)36-28-22-6-2-5-21(27(32)38)26(22)33-17-34-28/h1-6,15-18,25,30H,7-14,31H2,(H2,32,38)(H,35,39)(H,33,34,36)/b24-16-,30-23?. The molecule has 208 valence electrons. The van der Waals surface area contributed by atoms with Gasteiger partial charge in [0.1, 0.15) is 12.1 Å². The number of nitrogens with zero attached hydrogens (tertiary/aromatic N) is 3. The van der Waals surface area contributed by atoms with Crippen LogP contribution in [0.25, 0.3) is 10.9 Å². The number of para-hydroxylation sites is 1. The molecule has 11 nitrogen and oxygen atoms in total. The molecule has 40 heavy (non-hydrogen) atoms. The lowest BCUT2D eigenvalue weighted by atomic mass is 10.0. The summed E-state index contributed by atoms with van der Waals surface area (Å²) < 4.78 is 5.50. The summed E-state index contributed by atoms with van der Waals surface area (Å²) in [7, 11) is 0. The number of amides is 2. The van der Waals surface area contributed by atoms with Gasteiger partial charge in [-0.2, -0.15) is 0 Å². The first-order chi connectivity index (χ1) is 19.4. The normalized spacial score (nSPS) is 16.9. The summed E-state index contributed by atoms with van der Waals surface area (Å²) in [6.07, 6.45) is 5.55. The van der Waals surface area contributed by atoms with E-state index in [1.165, 1.54) is 12.4 Å². The van der Waals surface area contributed by atoms with E-state index in [0.717, 1.165) is 44.5 Å². The van der Waals surface area contributed by atoms with E-state index in [-0.39, 0.29) is 17.7 Å². The summed E-state index contributed by atoms with van der Waals surface area (Å²) in [5.41, 5.74) is 14.3. The van der Waals surface area contributed by atoms with Crippen molar-refractivity contribution in [2.45, 2.75) is 25.3 Å². The Bertz CT molecular complexity index is 1450. The molecular formula is C29H34N8O3. The molecule has 2 aromatic carbocycles. The molecule has 1 aliphatic carbocycles. The average Bonchev–Trinajstić information content (AvgIpc) is 3.81. The monoisotopic (exact) mass is 542 g/mol. The molecule has 0 spiro atoms. The van der Waals surface area contributed by atoms with E-state index in [4.69, 9.17) is 21.6 Å². The van der Waals surface area contributed by atoms with Crippen LogP contribution < -0.4 is 22.1 Å². The van der Waals surface area contributed by atoms with E-state index in [1.54, 1.807) is 18.2 Å². The van der Waals surface area contributed by atoms with Crippen molar-refractivity contribution in [1.82, 2.24) is 14.9 Å². The Labute approximate surface area is 232 Å². The number of benzene rings is 2. The highest BCUT2D eigenvalue weighted by Gasteiger charge is 2.26. The fourth-order valence-electron chi connectivity index (χ4n) is 4.81. The molecule has 11 heteroatoms. The minimum absolute atomic E-state index is 0.0157. The van der Waals surface area contributed by atoms with Crippen LogP contribution in [0.3, 0.4) is 0 Å². The first kappa shape index (κ1) is 27.2. The second-order valence-corrected chi connectivity index (χ2v) is 10.1. The van der Waals surface area contributed by atoms with E-state index < -0.39 is 11.8 Å². The number of aromatic nitrogens is 2. The van der Waals surface area contributed by atoms with E-state index in [0.29, 0.717) is 46.9 Å². The summed E-state index contributed by atoms with van der Waals surface area (Å²) in [6.45, 7) is 3.97. The molecule has 5 rings (SSSR count). The van der Waals surface area contributed by atoms with Crippen LogP contribution in [0.1, 0.15) is 41.2 Å². The SMILES string of the molecule is N=C(/C=C(\N)C(=O)Nc1cccc(C(CCN2CCOCC2)Nc2ncnc3c(C(N)=O)cccc23)c1)C1CC1. The molecule has 7 N–H and O–H groups in total. The summed E-state index contributed by atoms with van der Waals surface area (Å²) in [6, 6.07) is 12.7. The highest BCUT2D eigenvalue weighted by molar-refractivity contribution is 6.09. The maximum Gasteiger partial charge on any atom is 0.271 e. The Kier molecular flexibility index (Phi) is 8.32. The van der Waals surface area contributed by atoms with Crippen molar-refractivity contribution in [3.8, 4) is 0 Å². The molecule has 3 aromatic rings. The van der Waals surface area contributed by atoms with Crippen LogP contribution in [0.2, 0.25) is 0 Å². The fraction of sp³-hybridized carbons (Fsp3) is 0.345. The first-order valence-electron chi connectivity index (χ1n) is 13.5. The molecule has 2 amide bonds. The molecule has 1 aliphatic heterocycles. The van der Waals surface area contributed by atoms with Gasteiger partial charge in [0.15, 0.2) is 0 Å². The van der Waals surface area contributed by atoms with Gasteiger partial charge in [0, 0.05) is 42.3 Å². The van der Waals surface area contributed by atoms with Crippen molar-refractivity contribution in [2.24, 2.45) is 17.4 Å². The fourth-order valence-corrected chi connectivity index (χ4v) is 4.81. The maximum atomic E-state index is 12.7. The van der Waals surface area contributed by atoms with Gasteiger partial charge < -0.3 is 32.2 Å². The zero-order chi connectivity index (χ0) is 28.1. The van der Waals surface area contributed by atoms with Gasteiger partial charge in [-0.25, -0.2) is 9.97 Å². The number of rotatable bonds is 11. The number of allylic oxidation sites excluding steroid dienone is 1. The van der Waals surface area contributed by atoms with Crippen molar-refractivity contribution in [1.29, 1.82) is 5.41 Å². The summed E-state index contributed by atoms with van der Waals surface area (Å²) in [4.78, 5) is 35.9. The third-order valence-corrected chi connectivity index (χ3v) is 7.22. The third-order valence-electron chi connectivity index (χ3n) is 7.22. The van der Waals surface area contributed by atoms with Gasteiger partial charge in [0.05, 0.1) is 36.0 Å². The Morgan fingerprint density at radius 3 is 2.65 bits per heavy atom. The molecule has 1 unspecified atom stereocenters. The van der Waals surface area contributed by atoms with Crippen LogP contribution >= 0.6 is 0 Å². The molecule has 1 saturated carbocycles. The number of fused-ring (bicyclic) bond motifs is 1. The van der Waals surface area contributed by atoms with Gasteiger partial charge in [-0.05, 0) is 55.2 Å². The molecule has 2 fully saturated rings. The van der Waals surface area contributed by atoms with Gasteiger partial charge in [0.25, 0.3) is 11.8 Å². The lowest BCUT2D eigenvalue weighted by Gasteiger charge is -2.29. The Morgan fingerprint density at radius 2 is 1.90 bits per heavy atom. The highest BCUT2D eigenvalue weighted by Crippen LogP contribution is 2.31. The van der Waals surface area contributed by atoms with E-state index in [2.05, 4.69) is 25.5 Å². The van der Waals surface area contributed by atoms with Gasteiger partial charge in [-0.1, -0.05) is 18.2 Å². The number of ether oxygens (including phenoxy) is 1. The van der Waals surface area contributed by atoms with Crippen molar-refractivity contribution in [3.05, 3.63) is 71.7 Å². The Hall–Kier alpha value is -4.35. The Balaban J connectivity index is 1.40. The zero-order valence-corrected chi connectivity index (χ0v) is 22.2. The summed E-state index contributed by atoms with van der Waals surface area (Å²) in [5.74, 6) is -0.200. The van der Waals surface area contributed by atoms with Crippen LogP contribution in [0, 0.1) is 11.3 Å². The second kappa shape index (κ2) is 12.2. The molecule has 2 aliphatic rings. The van der Waals surface area contributed by atoms with Crippen LogP contribution in [-0.4, -0.2) is 65.2 Å². The van der Waals surface area contributed by atoms with Gasteiger partial charge in [-0.3, -0.25) is 14.5 Å². The maximum absolute atomic E-state index is 12.7. The minimum atomic E-state index is -0.553. The van der Waals surface area contributed by atoms with Crippen LogP contribution in [0.4, 0.5) is 11.5 Å². The molecule has 1 aromatic heterocycles. The highest BCUT2D eigenvalue weighted by atomic mass is 16.5. The van der Waals surface area contributed by atoms with Crippen LogP contribution in [0.5, 0.6) is 0 Å². The second-order valence-electron chi connectivity index (χ2n) is 10.1. The van der Waals surface area contributed by atoms with Crippen molar-refractivity contribution < 1.29 is 14.3 Å². The molecule has 2 heterocycles. The van der Waals surface area contributed by atoms with Gasteiger partial charge >= 0.3 is 0 Å². The minimum Gasteiger partial charge on any atom is -0.394 e. The summed E-state index contributed by atoms with van der Waals surface area (Å²) >= 11 is 0. The van der Waals surface area contributed by atoms with Crippen LogP contribution in [0.15, 0.2) is 60.6 Å². The number of morpholine rings is 1. The number of carbonyl (C=O) groups excluding carboxylic acids is 2. The van der Waals surface area contributed by atoms with Gasteiger partial charge in [-0.15, -0.1) is 0 Å². The Morgan fingerprint density at radius 1 is 1.12 bits per heavy atom. The number of carbonyl (C=O) groups is 2. The number of nitrogens with two attached hydrogens (primary N) is 2. The largest absolute Gasteiger partial charge is 0.394 e. The number of hydrogen-bond acceptors (Lipinski definition) is 9. The molecule has 1 saturated heterocycles. The van der Waals surface area contributed by atoms with E-state index >= 15 is 0 Å². The van der Waals surface area contributed by atoms with Crippen molar-refractivity contribution in [3.63, 3.8) is 0 Å². The molecule has 0 bridgehead atoms. The van der Waals surface area contributed by atoms with Crippen LogP contribution in [-0.2, 0) is 9.53 Å². The summed E-state index contributed by atoms with van der Waals surface area (Å²) in [5, 5.41) is 15.1. The zero-order valence-electron chi connectivity index (χ0n) is 22.2. The predicted octanol–water partition coefficient (Wildman–Crippen LogP) is 2.82. The van der Waals surface area contributed by atoms with Crippen molar-refractivity contribution in [2.75, 3.05) is 43.5 Å². The molecule has 1 atom stereocenters. The van der Waals surface area contributed by atoms with E-state index in [9.17, 15) is 9.59 Å². The number of hydrogen-bond donors (Lipinski definition) is 5.